The molecule has 1 unspecified atom stereocenters. The van der Waals surface area contributed by atoms with Gasteiger partial charge < -0.3 is 9.88 Å². The molecule has 0 saturated carbocycles. The van der Waals surface area contributed by atoms with E-state index in [1.807, 2.05) is 0 Å². The Morgan fingerprint density at radius 3 is 3.15 bits per heavy atom. The van der Waals surface area contributed by atoms with E-state index in [4.69, 9.17) is 0 Å². The van der Waals surface area contributed by atoms with E-state index in [9.17, 15) is 9.18 Å². The maximum atomic E-state index is 13.2. The van der Waals surface area contributed by atoms with Crippen LogP contribution in [-0.2, 0) is 0 Å². The zero-order valence-electron chi connectivity index (χ0n) is 11.5. The molecule has 4 nitrogen and oxygen atoms in total. The lowest BCUT2D eigenvalue weighted by Gasteiger charge is -2.31. The van der Waals surface area contributed by atoms with Crippen molar-refractivity contribution in [1.29, 1.82) is 0 Å². The van der Waals surface area contributed by atoms with Crippen molar-refractivity contribution in [3.63, 3.8) is 0 Å². The topological polar surface area (TPSA) is 49.0 Å². The molecule has 0 amide bonds. The minimum atomic E-state index is -0.410. The van der Waals surface area contributed by atoms with Crippen LogP contribution >= 0.6 is 0 Å². The molecule has 1 saturated heterocycles. The molecule has 0 radical (unpaired) electrons. The van der Waals surface area contributed by atoms with E-state index in [0.29, 0.717) is 10.9 Å². The Labute approximate surface area is 116 Å². The molecule has 1 aliphatic heterocycles. The Hall–Kier alpha value is -1.75. The third-order valence-electron chi connectivity index (χ3n) is 4.03. The molecule has 1 fully saturated rings. The number of aromatic nitrogens is 2. The van der Waals surface area contributed by atoms with Crippen LogP contribution in [0.3, 0.4) is 0 Å². The first kappa shape index (κ1) is 13.2. The van der Waals surface area contributed by atoms with Crippen molar-refractivity contribution in [2.24, 2.45) is 0 Å². The third kappa shape index (κ3) is 2.45. The number of H-pyrrole nitrogens is 1. The number of rotatable bonds is 2. The van der Waals surface area contributed by atoms with Gasteiger partial charge in [-0.1, -0.05) is 6.92 Å². The van der Waals surface area contributed by atoms with Gasteiger partial charge in [-0.2, -0.15) is 0 Å². The number of nitrogens with one attached hydrogen (secondary N) is 1. The smallest absolute Gasteiger partial charge is 0.258 e. The van der Waals surface area contributed by atoms with Gasteiger partial charge in [0.05, 0.1) is 10.9 Å². The average molecular weight is 275 g/mol. The first-order valence-corrected chi connectivity index (χ1v) is 7.09. The minimum Gasteiger partial charge on any atom is -0.310 e. The number of aromatic amines is 1. The molecule has 0 bridgehead atoms. The lowest BCUT2D eigenvalue weighted by atomic mass is 9.97. The molecular weight excluding hydrogens is 257 g/mol. The third-order valence-corrected chi connectivity index (χ3v) is 4.03. The number of nitrogens with zero attached hydrogens (tertiary/aromatic N) is 2. The van der Waals surface area contributed by atoms with Crippen molar-refractivity contribution in [3.05, 3.63) is 40.2 Å². The number of likely N-dealkylation sites (N-methyl/N-ethyl adjacent to an activating group) is 1. The van der Waals surface area contributed by atoms with Crippen molar-refractivity contribution in [2.75, 3.05) is 19.6 Å². The summed E-state index contributed by atoms with van der Waals surface area (Å²) in [6, 6.07) is 4.16. The first-order valence-electron chi connectivity index (χ1n) is 7.09. The monoisotopic (exact) mass is 275 g/mol. The molecule has 5 heteroatoms. The number of halogens is 1. The van der Waals surface area contributed by atoms with E-state index in [1.54, 1.807) is 6.07 Å². The van der Waals surface area contributed by atoms with Gasteiger partial charge in [-0.05, 0) is 44.1 Å². The van der Waals surface area contributed by atoms with E-state index in [-0.39, 0.29) is 11.5 Å². The Morgan fingerprint density at radius 2 is 2.35 bits per heavy atom. The standard InChI is InChI=1S/C15H18FN3O/c1-2-19-7-3-4-10(9-19)14-17-13-6-5-11(16)8-12(13)15(20)18-14/h5-6,8,10H,2-4,7,9H2,1H3,(H,17,18,20). The number of piperidine rings is 1. The van der Waals surface area contributed by atoms with Gasteiger partial charge in [0.1, 0.15) is 11.6 Å². The fourth-order valence-corrected chi connectivity index (χ4v) is 2.89. The second kappa shape index (κ2) is 5.32. The van der Waals surface area contributed by atoms with E-state index in [0.717, 1.165) is 38.3 Å². The van der Waals surface area contributed by atoms with Gasteiger partial charge in [0.15, 0.2) is 0 Å². The first-order chi connectivity index (χ1) is 9.67. The predicted molar refractivity (Wildman–Crippen MR) is 76.4 cm³/mol. The van der Waals surface area contributed by atoms with Crippen molar-refractivity contribution < 1.29 is 4.39 Å². The zero-order valence-corrected chi connectivity index (χ0v) is 11.5. The number of hydrogen-bond donors (Lipinski definition) is 1. The summed E-state index contributed by atoms with van der Waals surface area (Å²) in [6.45, 7) is 5.18. The summed E-state index contributed by atoms with van der Waals surface area (Å²) >= 11 is 0. The largest absolute Gasteiger partial charge is 0.310 e. The highest BCUT2D eigenvalue weighted by molar-refractivity contribution is 5.77. The number of hydrogen-bond acceptors (Lipinski definition) is 3. The van der Waals surface area contributed by atoms with Crippen LogP contribution in [0.15, 0.2) is 23.0 Å². The molecule has 1 atom stereocenters. The fourth-order valence-electron chi connectivity index (χ4n) is 2.89. The summed E-state index contributed by atoms with van der Waals surface area (Å²) < 4.78 is 13.2. The average Bonchev–Trinajstić information content (AvgIpc) is 2.48. The molecule has 20 heavy (non-hydrogen) atoms. The Morgan fingerprint density at radius 1 is 1.50 bits per heavy atom. The fraction of sp³-hybridized carbons (Fsp3) is 0.467. The van der Waals surface area contributed by atoms with Crippen molar-refractivity contribution >= 4 is 10.9 Å². The second-order valence-electron chi connectivity index (χ2n) is 5.35. The summed E-state index contributed by atoms with van der Waals surface area (Å²) in [6.07, 6.45) is 2.15. The van der Waals surface area contributed by atoms with Crippen LogP contribution < -0.4 is 5.56 Å². The molecule has 1 aromatic heterocycles. The molecule has 1 N–H and O–H groups in total. The second-order valence-corrected chi connectivity index (χ2v) is 5.35. The maximum Gasteiger partial charge on any atom is 0.258 e. The normalized spacial score (nSPS) is 20.4. The van der Waals surface area contributed by atoms with E-state index in [1.165, 1.54) is 12.1 Å². The highest BCUT2D eigenvalue weighted by Gasteiger charge is 2.22. The van der Waals surface area contributed by atoms with Gasteiger partial charge in [-0.15, -0.1) is 0 Å². The SMILES string of the molecule is CCN1CCCC(c2nc3ccc(F)cc3c(=O)[nH]2)C1. The summed E-state index contributed by atoms with van der Waals surface area (Å²) in [5.41, 5.74) is 0.317. The lowest BCUT2D eigenvalue weighted by Crippen LogP contribution is -2.35. The molecule has 0 spiro atoms. The molecule has 2 heterocycles. The summed E-state index contributed by atoms with van der Waals surface area (Å²) in [4.78, 5) is 21.8. The highest BCUT2D eigenvalue weighted by atomic mass is 19.1. The van der Waals surface area contributed by atoms with Crippen LogP contribution in [0.2, 0.25) is 0 Å². The minimum absolute atomic E-state index is 0.252. The quantitative estimate of drug-likeness (QED) is 0.914. The Kier molecular flexibility index (Phi) is 3.53. The molecular formula is C15H18FN3O. The Bertz CT molecular complexity index is 682. The van der Waals surface area contributed by atoms with Crippen LogP contribution in [0.1, 0.15) is 31.5 Å². The highest BCUT2D eigenvalue weighted by Crippen LogP contribution is 2.24. The summed E-state index contributed by atoms with van der Waals surface area (Å²) in [7, 11) is 0. The number of fused-ring (bicyclic) bond motifs is 1. The van der Waals surface area contributed by atoms with Crippen molar-refractivity contribution in [3.8, 4) is 0 Å². The van der Waals surface area contributed by atoms with Gasteiger partial charge in [0.25, 0.3) is 5.56 Å². The van der Waals surface area contributed by atoms with Crippen LogP contribution in [-0.4, -0.2) is 34.5 Å². The lowest BCUT2D eigenvalue weighted by molar-refractivity contribution is 0.214. The summed E-state index contributed by atoms with van der Waals surface area (Å²) in [5, 5.41) is 0.317. The van der Waals surface area contributed by atoms with Gasteiger partial charge in [0, 0.05) is 12.5 Å². The molecule has 106 valence electrons. The Balaban J connectivity index is 2.00. The zero-order chi connectivity index (χ0) is 14.1. The van der Waals surface area contributed by atoms with Crippen molar-refractivity contribution in [1.82, 2.24) is 14.9 Å². The van der Waals surface area contributed by atoms with E-state index >= 15 is 0 Å². The predicted octanol–water partition coefficient (Wildman–Crippen LogP) is 2.26. The van der Waals surface area contributed by atoms with Gasteiger partial charge in [-0.3, -0.25) is 4.79 Å². The van der Waals surface area contributed by atoms with Gasteiger partial charge >= 0.3 is 0 Å². The van der Waals surface area contributed by atoms with E-state index in [2.05, 4.69) is 21.8 Å². The molecule has 1 aliphatic rings. The molecule has 0 aliphatic carbocycles. The number of likely N-dealkylation sites (tertiary alicyclic amines) is 1. The van der Waals surface area contributed by atoms with Crippen LogP contribution in [0.4, 0.5) is 4.39 Å². The maximum absolute atomic E-state index is 13.2. The van der Waals surface area contributed by atoms with Crippen LogP contribution in [0, 0.1) is 5.82 Å². The molecule has 3 rings (SSSR count). The summed E-state index contributed by atoms with van der Waals surface area (Å²) in [5.74, 6) is 0.575. The van der Waals surface area contributed by atoms with E-state index < -0.39 is 5.82 Å². The van der Waals surface area contributed by atoms with Gasteiger partial charge in [0.2, 0.25) is 0 Å². The molecule has 1 aromatic carbocycles. The van der Waals surface area contributed by atoms with Crippen molar-refractivity contribution in [2.45, 2.75) is 25.7 Å². The van der Waals surface area contributed by atoms with Gasteiger partial charge in [-0.25, -0.2) is 9.37 Å². The van der Waals surface area contributed by atoms with Crippen LogP contribution in [0.25, 0.3) is 10.9 Å². The molecule has 2 aromatic rings. The van der Waals surface area contributed by atoms with Crippen LogP contribution in [0.5, 0.6) is 0 Å². The number of benzene rings is 1.